The minimum atomic E-state index is -0.618. The number of nitrogens with one attached hydrogen (secondary N) is 1. The topological polar surface area (TPSA) is 98.1 Å². The normalized spacial score (nSPS) is 17.8. The zero-order valence-corrected chi connectivity index (χ0v) is 12.2. The first-order chi connectivity index (χ1) is 10.6. The van der Waals surface area contributed by atoms with Crippen molar-refractivity contribution in [1.82, 2.24) is 10.2 Å². The fraction of sp³-hybridized carbons (Fsp3) is 0.400. The average Bonchev–Trinajstić information content (AvgIpc) is 2.86. The highest BCUT2D eigenvalue weighted by Crippen LogP contribution is 2.23. The summed E-state index contributed by atoms with van der Waals surface area (Å²) in [6.07, 6.45) is 5.29. The molecule has 7 nitrogen and oxygen atoms in total. The number of carbonyl (C=O) groups is 2. The molecule has 0 saturated carbocycles. The van der Waals surface area contributed by atoms with Crippen LogP contribution in [-0.2, 0) is 4.84 Å². The Morgan fingerprint density at radius 1 is 1.18 bits per heavy atom. The molecule has 2 aromatic rings. The summed E-state index contributed by atoms with van der Waals surface area (Å²) in [4.78, 5) is 30.0. The lowest BCUT2D eigenvalue weighted by Gasteiger charge is -2.28. The number of quaternary nitrogens is 1. The fourth-order valence-corrected chi connectivity index (χ4v) is 2.90. The lowest BCUT2D eigenvalue weighted by atomic mass is 10.1. The van der Waals surface area contributed by atoms with Gasteiger partial charge < -0.3 is 5.73 Å². The number of likely N-dealkylation sites (tertiary alicyclic amines) is 1. The molecule has 1 saturated heterocycles. The molecule has 0 bridgehead atoms. The van der Waals surface area contributed by atoms with E-state index in [4.69, 9.17) is 10.6 Å². The maximum absolute atomic E-state index is 12.6. The Morgan fingerprint density at radius 2 is 1.91 bits per heavy atom. The highest BCUT2D eigenvalue weighted by molar-refractivity contribution is 6.02. The van der Waals surface area contributed by atoms with Crippen molar-refractivity contribution in [2.45, 2.75) is 25.7 Å². The van der Waals surface area contributed by atoms with Crippen molar-refractivity contribution < 1.29 is 19.1 Å². The number of amides is 2. The summed E-state index contributed by atoms with van der Waals surface area (Å²) in [7, 11) is 0. The van der Waals surface area contributed by atoms with E-state index in [0.29, 0.717) is 24.2 Å². The number of carbonyl (C=O) groups excluding carboxylic acids is 2. The first-order valence-corrected chi connectivity index (χ1v) is 7.45. The Morgan fingerprint density at radius 3 is 2.59 bits per heavy atom. The molecule has 0 unspecified atom stereocenters. The maximum atomic E-state index is 12.6. The number of primary amides is 1. The fourth-order valence-electron chi connectivity index (χ4n) is 2.90. The summed E-state index contributed by atoms with van der Waals surface area (Å²) >= 11 is 0. The van der Waals surface area contributed by atoms with Crippen molar-refractivity contribution in [2.24, 2.45) is 5.73 Å². The predicted octanol–water partition coefficient (Wildman–Crippen LogP) is 2.10. The molecule has 2 amide bonds. The first-order valence-electron chi connectivity index (χ1n) is 7.45. The van der Waals surface area contributed by atoms with E-state index in [0.717, 1.165) is 31.1 Å². The van der Waals surface area contributed by atoms with Gasteiger partial charge in [-0.1, -0.05) is 16.8 Å². The van der Waals surface area contributed by atoms with E-state index < -0.39 is 16.6 Å². The van der Waals surface area contributed by atoms with Crippen LogP contribution in [-0.4, -0.2) is 39.9 Å². The van der Waals surface area contributed by atoms with Gasteiger partial charge >= 0.3 is 12.0 Å². The van der Waals surface area contributed by atoms with E-state index >= 15 is 0 Å². The number of para-hydroxylation sites is 1. The number of fused-ring (bicyclic) bond motifs is 1. The van der Waals surface area contributed by atoms with Crippen molar-refractivity contribution in [2.75, 3.05) is 13.1 Å². The molecule has 1 aromatic heterocycles. The summed E-state index contributed by atoms with van der Waals surface area (Å²) in [5.74, 6) is -0.560. The van der Waals surface area contributed by atoms with Crippen LogP contribution >= 0.6 is 0 Å². The maximum Gasteiger partial charge on any atom is 0.455 e. The lowest BCUT2D eigenvalue weighted by Crippen LogP contribution is -2.57. The van der Waals surface area contributed by atoms with E-state index in [2.05, 4.69) is 10.2 Å². The Hall–Kier alpha value is -2.41. The molecule has 116 valence electrons. The number of aromatic amines is 1. The van der Waals surface area contributed by atoms with Gasteiger partial charge in [-0.05, 0) is 18.9 Å². The largest absolute Gasteiger partial charge is 0.455 e. The highest BCUT2D eigenvalue weighted by atomic mass is 16.8. The van der Waals surface area contributed by atoms with Crippen LogP contribution in [0.1, 0.15) is 36.0 Å². The van der Waals surface area contributed by atoms with Gasteiger partial charge in [-0.3, -0.25) is 9.94 Å². The van der Waals surface area contributed by atoms with Gasteiger partial charge in [-0.2, -0.15) is 5.10 Å². The van der Waals surface area contributed by atoms with Crippen molar-refractivity contribution in [3.63, 3.8) is 0 Å². The second-order valence-corrected chi connectivity index (χ2v) is 5.61. The number of aromatic nitrogens is 2. The standard InChI is InChI=1S/C15H18N4O3/c16-15(21)19(8-3-1-2-4-9-19)22-14(20)12-7-5-6-11-10-17-18-13(11)12/h5-7,10H,1-4,8-9H2,(H2-,16,17,18,20,21)/p+1. The monoisotopic (exact) mass is 303 g/mol. The van der Waals surface area contributed by atoms with Gasteiger partial charge in [0, 0.05) is 18.2 Å². The molecule has 0 aliphatic carbocycles. The van der Waals surface area contributed by atoms with Gasteiger partial charge in [0.1, 0.15) is 13.1 Å². The van der Waals surface area contributed by atoms with Gasteiger partial charge in [0.2, 0.25) is 0 Å². The second-order valence-electron chi connectivity index (χ2n) is 5.61. The molecule has 1 aliphatic rings. The van der Waals surface area contributed by atoms with Crippen molar-refractivity contribution in [1.29, 1.82) is 0 Å². The molecule has 7 heteroatoms. The number of hydrogen-bond donors (Lipinski definition) is 2. The van der Waals surface area contributed by atoms with Gasteiger partial charge in [-0.15, -0.1) is 0 Å². The molecule has 3 rings (SSSR count). The number of nitrogens with zero attached hydrogens (tertiary/aromatic N) is 2. The molecule has 1 fully saturated rings. The molecule has 1 aliphatic heterocycles. The number of rotatable bonds is 1. The molecule has 1 aromatic carbocycles. The van der Waals surface area contributed by atoms with Crippen LogP contribution in [0.3, 0.4) is 0 Å². The molecule has 3 N–H and O–H groups in total. The van der Waals surface area contributed by atoms with Crippen LogP contribution in [0.4, 0.5) is 4.79 Å². The third kappa shape index (κ3) is 2.55. The highest BCUT2D eigenvalue weighted by Gasteiger charge is 2.41. The minimum Gasteiger partial charge on any atom is -0.316 e. The number of nitrogens with two attached hydrogens (primary N) is 1. The molecule has 0 radical (unpaired) electrons. The zero-order valence-electron chi connectivity index (χ0n) is 12.2. The van der Waals surface area contributed by atoms with E-state index in [-0.39, 0.29) is 0 Å². The summed E-state index contributed by atoms with van der Waals surface area (Å²) in [6, 6.07) is 4.64. The summed E-state index contributed by atoms with van der Waals surface area (Å²) in [5.41, 5.74) is 6.49. The number of benzene rings is 1. The smallest absolute Gasteiger partial charge is 0.316 e. The lowest BCUT2D eigenvalue weighted by molar-refractivity contribution is -1.02. The first kappa shape index (κ1) is 14.5. The molecule has 22 heavy (non-hydrogen) atoms. The van der Waals surface area contributed by atoms with Crippen LogP contribution < -0.4 is 5.73 Å². The third-order valence-electron chi connectivity index (χ3n) is 4.14. The van der Waals surface area contributed by atoms with E-state index in [1.165, 1.54) is 0 Å². The Labute approximate surface area is 127 Å². The molecule has 0 spiro atoms. The summed E-state index contributed by atoms with van der Waals surface area (Å²) in [6.45, 7) is 0.861. The van der Waals surface area contributed by atoms with Gasteiger partial charge in [0.25, 0.3) is 0 Å². The average molecular weight is 303 g/mol. The summed E-state index contributed by atoms with van der Waals surface area (Å²) < 4.78 is -0.427. The van der Waals surface area contributed by atoms with Crippen LogP contribution in [0.2, 0.25) is 0 Å². The van der Waals surface area contributed by atoms with E-state index in [9.17, 15) is 9.59 Å². The molecule has 2 heterocycles. The molecular formula is C15H19N4O3+. The number of hydroxylamine groups is 3. The van der Waals surface area contributed by atoms with Crippen molar-refractivity contribution >= 4 is 22.9 Å². The number of urea groups is 1. The third-order valence-corrected chi connectivity index (χ3v) is 4.14. The number of hydrogen-bond acceptors (Lipinski definition) is 4. The second kappa shape index (κ2) is 5.76. The van der Waals surface area contributed by atoms with Crippen LogP contribution in [0.5, 0.6) is 0 Å². The Balaban J connectivity index is 1.91. The van der Waals surface area contributed by atoms with E-state index in [1.54, 1.807) is 18.3 Å². The SMILES string of the molecule is NC(=O)[N+]1(OC(=O)c2cccc3cn[nH]c23)CCCCCC1. The van der Waals surface area contributed by atoms with Crippen LogP contribution in [0.15, 0.2) is 24.4 Å². The Bertz CT molecular complexity index is 702. The van der Waals surface area contributed by atoms with Crippen LogP contribution in [0.25, 0.3) is 10.9 Å². The van der Waals surface area contributed by atoms with Crippen molar-refractivity contribution in [3.05, 3.63) is 30.0 Å². The molecular weight excluding hydrogens is 284 g/mol. The van der Waals surface area contributed by atoms with Gasteiger partial charge in [0.05, 0.1) is 17.3 Å². The van der Waals surface area contributed by atoms with Crippen molar-refractivity contribution in [3.8, 4) is 0 Å². The van der Waals surface area contributed by atoms with Gasteiger partial charge in [-0.25, -0.2) is 9.59 Å². The minimum absolute atomic E-state index is 0.359. The summed E-state index contributed by atoms with van der Waals surface area (Å²) in [5, 5.41) is 7.53. The quantitative estimate of drug-likeness (QED) is 0.788. The van der Waals surface area contributed by atoms with E-state index in [1.807, 2.05) is 6.07 Å². The predicted molar refractivity (Wildman–Crippen MR) is 79.6 cm³/mol. The Kier molecular flexibility index (Phi) is 3.81. The van der Waals surface area contributed by atoms with Gasteiger partial charge in [0.15, 0.2) is 0 Å². The number of H-pyrrole nitrogens is 1. The zero-order chi connectivity index (χ0) is 15.6. The van der Waals surface area contributed by atoms with Crippen LogP contribution in [0, 0.1) is 0 Å². The molecule has 0 atom stereocenters.